The molecule has 1 amide bonds. The normalized spacial score (nSPS) is 10.6. The van der Waals surface area contributed by atoms with Gasteiger partial charge in [-0.1, -0.05) is 17.3 Å². The van der Waals surface area contributed by atoms with Crippen LogP contribution in [-0.4, -0.2) is 16.0 Å². The minimum Gasteiger partial charge on any atom is -0.377 e. The molecule has 0 radical (unpaired) electrons. The zero-order valence-electron chi connectivity index (χ0n) is 11.9. The monoisotopic (exact) mass is 314 g/mol. The first kappa shape index (κ1) is 14.3. The molecule has 2 heterocycles. The number of nitrogens with one attached hydrogen (secondary N) is 1. The molecule has 3 rings (SSSR count). The molecular formula is C15H14N4O2S. The van der Waals surface area contributed by atoms with Crippen molar-refractivity contribution in [2.45, 2.75) is 13.5 Å². The molecule has 0 bridgehead atoms. The Bertz CT molecular complexity index is 796. The fourth-order valence-electron chi connectivity index (χ4n) is 2.10. The van der Waals surface area contributed by atoms with Gasteiger partial charge in [-0.3, -0.25) is 4.79 Å². The first-order valence-corrected chi connectivity index (χ1v) is 7.58. The lowest BCUT2D eigenvalue weighted by molar-refractivity contribution is 0.100. The van der Waals surface area contributed by atoms with Gasteiger partial charge >= 0.3 is 0 Å². The van der Waals surface area contributed by atoms with E-state index in [-0.39, 0.29) is 0 Å². The summed E-state index contributed by atoms with van der Waals surface area (Å²) in [4.78, 5) is 15.8. The maximum Gasteiger partial charge on any atom is 0.258 e. The second-order valence-corrected chi connectivity index (χ2v) is 5.52. The van der Waals surface area contributed by atoms with E-state index < -0.39 is 5.91 Å². The molecule has 0 saturated carbocycles. The molecule has 0 atom stereocenters. The molecule has 7 heteroatoms. The number of anilines is 1. The highest BCUT2D eigenvalue weighted by Crippen LogP contribution is 2.22. The maximum absolute atomic E-state index is 11.5. The molecule has 2 aromatic heterocycles. The first-order valence-electron chi connectivity index (χ1n) is 6.63. The van der Waals surface area contributed by atoms with Crippen molar-refractivity contribution < 1.29 is 9.32 Å². The molecule has 22 heavy (non-hydrogen) atoms. The highest BCUT2D eigenvalue weighted by molar-refractivity contribution is 7.08. The summed E-state index contributed by atoms with van der Waals surface area (Å²) in [6.45, 7) is 2.25. The zero-order chi connectivity index (χ0) is 15.5. The van der Waals surface area contributed by atoms with Crippen LogP contribution in [0.1, 0.15) is 21.7 Å². The van der Waals surface area contributed by atoms with E-state index in [2.05, 4.69) is 15.5 Å². The summed E-state index contributed by atoms with van der Waals surface area (Å²) in [5.74, 6) is 0.524. The van der Waals surface area contributed by atoms with Crippen molar-refractivity contribution in [2.24, 2.45) is 5.73 Å². The molecule has 3 aromatic rings. The van der Waals surface area contributed by atoms with E-state index in [1.165, 1.54) is 0 Å². The van der Waals surface area contributed by atoms with E-state index in [1.54, 1.807) is 23.5 Å². The molecule has 0 unspecified atom stereocenters. The molecular weight excluding hydrogens is 300 g/mol. The number of nitrogens with zero attached hydrogens (tertiary/aromatic N) is 2. The van der Waals surface area contributed by atoms with Crippen molar-refractivity contribution in [3.8, 4) is 11.5 Å². The van der Waals surface area contributed by atoms with E-state index >= 15 is 0 Å². The van der Waals surface area contributed by atoms with Crippen LogP contribution < -0.4 is 11.1 Å². The lowest BCUT2D eigenvalue weighted by Crippen LogP contribution is -2.15. The summed E-state index contributed by atoms with van der Waals surface area (Å²) in [6.07, 6.45) is 0. The quantitative estimate of drug-likeness (QED) is 0.755. The van der Waals surface area contributed by atoms with Crippen molar-refractivity contribution >= 4 is 22.9 Å². The fraction of sp³-hybridized carbons (Fsp3) is 0.133. The van der Waals surface area contributed by atoms with Crippen LogP contribution in [-0.2, 0) is 6.54 Å². The number of hydrogen-bond donors (Lipinski definition) is 2. The average molecular weight is 314 g/mol. The smallest absolute Gasteiger partial charge is 0.258 e. The van der Waals surface area contributed by atoms with Crippen LogP contribution in [0.3, 0.4) is 0 Å². The van der Waals surface area contributed by atoms with Crippen LogP contribution in [0, 0.1) is 6.92 Å². The molecule has 0 saturated heterocycles. The topological polar surface area (TPSA) is 94.0 Å². The molecule has 0 aliphatic carbocycles. The number of primary amides is 1. The van der Waals surface area contributed by atoms with Gasteiger partial charge in [0.15, 0.2) is 5.82 Å². The van der Waals surface area contributed by atoms with Crippen molar-refractivity contribution in [3.63, 3.8) is 0 Å². The summed E-state index contributed by atoms with van der Waals surface area (Å²) in [5, 5.41) is 11.0. The Kier molecular flexibility index (Phi) is 3.88. The summed E-state index contributed by atoms with van der Waals surface area (Å²) >= 11 is 1.57. The van der Waals surface area contributed by atoms with Gasteiger partial charge in [-0.05, 0) is 30.0 Å². The molecule has 1 aromatic carbocycles. The van der Waals surface area contributed by atoms with Crippen molar-refractivity contribution in [2.75, 3.05) is 5.32 Å². The van der Waals surface area contributed by atoms with Crippen LogP contribution in [0.25, 0.3) is 11.5 Å². The molecule has 0 spiro atoms. The van der Waals surface area contributed by atoms with Crippen LogP contribution in [0.2, 0.25) is 0 Å². The number of nitrogens with two attached hydrogens (primary N) is 1. The Hall–Kier alpha value is -2.67. The number of benzene rings is 1. The number of amides is 1. The SMILES string of the molecule is Cc1cccc(C(N)=O)c1NCc1noc(-c2ccsc2)n1. The van der Waals surface area contributed by atoms with Gasteiger partial charge in [-0.2, -0.15) is 16.3 Å². The molecule has 3 N–H and O–H groups in total. The van der Waals surface area contributed by atoms with Crippen LogP contribution in [0.5, 0.6) is 0 Å². The van der Waals surface area contributed by atoms with Gasteiger partial charge in [0.2, 0.25) is 0 Å². The summed E-state index contributed by atoms with van der Waals surface area (Å²) < 4.78 is 5.22. The third-order valence-corrected chi connectivity index (χ3v) is 3.88. The van der Waals surface area contributed by atoms with Gasteiger partial charge in [-0.25, -0.2) is 0 Å². The summed E-state index contributed by atoms with van der Waals surface area (Å²) in [7, 11) is 0. The summed E-state index contributed by atoms with van der Waals surface area (Å²) in [5.41, 5.74) is 8.36. The van der Waals surface area contributed by atoms with Crippen molar-refractivity contribution in [1.29, 1.82) is 0 Å². The first-order chi connectivity index (χ1) is 10.6. The highest BCUT2D eigenvalue weighted by Gasteiger charge is 2.12. The highest BCUT2D eigenvalue weighted by atomic mass is 32.1. The molecule has 112 valence electrons. The number of thiophene rings is 1. The predicted octanol–water partition coefficient (Wildman–Crippen LogP) is 2.82. The van der Waals surface area contributed by atoms with Gasteiger partial charge in [0.25, 0.3) is 11.8 Å². The van der Waals surface area contributed by atoms with E-state index in [4.69, 9.17) is 10.3 Å². The number of aryl methyl sites for hydroxylation is 1. The van der Waals surface area contributed by atoms with Gasteiger partial charge in [0, 0.05) is 5.38 Å². The minimum absolute atomic E-state index is 0.346. The van der Waals surface area contributed by atoms with Gasteiger partial charge < -0.3 is 15.6 Å². The number of hydrogen-bond acceptors (Lipinski definition) is 6. The standard InChI is InChI=1S/C15H14N4O2S/c1-9-3-2-4-11(14(16)20)13(9)17-7-12-18-15(21-19-12)10-5-6-22-8-10/h2-6,8,17H,7H2,1H3,(H2,16,20). The Labute approximate surface area is 131 Å². The number of para-hydroxylation sites is 1. The summed E-state index contributed by atoms with van der Waals surface area (Å²) in [6, 6.07) is 7.30. The lowest BCUT2D eigenvalue weighted by Gasteiger charge is -2.11. The largest absolute Gasteiger partial charge is 0.377 e. The lowest BCUT2D eigenvalue weighted by atomic mass is 10.1. The Morgan fingerprint density at radius 3 is 3.00 bits per heavy atom. The number of carbonyl (C=O) groups is 1. The van der Waals surface area contributed by atoms with E-state index in [9.17, 15) is 4.79 Å². The number of carbonyl (C=O) groups excluding carboxylic acids is 1. The predicted molar refractivity (Wildman–Crippen MR) is 84.6 cm³/mol. The second-order valence-electron chi connectivity index (χ2n) is 4.74. The van der Waals surface area contributed by atoms with Crippen LogP contribution >= 0.6 is 11.3 Å². The van der Waals surface area contributed by atoms with E-state index in [1.807, 2.05) is 29.8 Å². The Morgan fingerprint density at radius 2 is 2.27 bits per heavy atom. The third-order valence-electron chi connectivity index (χ3n) is 3.20. The van der Waals surface area contributed by atoms with Crippen molar-refractivity contribution in [3.05, 3.63) is 52.0 Å². The molecule has 0 aliphatic heterocycles. The van der Waals surface area contributed by atoms with E-state index in [0.29, 0.717) is 29.5 Å². The van der Waals surface area contributed by atoms with Gasteiger partial charge in [-0.15, -0.1) is 0 Å². The van der Waals surface area contributed by atoms with Crippen LogP contribution in [0.15, 0.2) is 39.5 Å². The maximum atomic E-state index is 11.5. The zero-order valence-corrected chi connectivity index (χ0v) is 12.7. The minimum atomic E-state index is -0.474. The van der Waals surface area contributed by atoms with Gasteiger partial charge in [0.05, 0.1) is 23.4 Å². The molecule has 0 aliphatic rings. The third kappa shape index (κ3) is 2.84. The molecule has 6 nitrogen and oxygen atoms in total. The van der Waals surface area contributed by atoms with Gasteiger partial charge in [0.1, 0.15) is 0 Å². The number of rotatable bonds is 5. The second kappa shape index (κ2) is 5.98. The fourth-order valence-corrected chi connectivity index (χ4v) is 2.73. The van der Waals surface area contributed by atoms with Crippen LogP contribution in [0.4, 0.5) is 5.69 Å². The Balaban J connectivity index is 1.77. The number of aromatic nitrogens is 2. The van der Waals surface area contributed by atoms with E-state index in [0.717, 1.165) is 11.1 Å². The molecule has 0 fully saturated rings. The van der Waals surface area contributed by atoms with Crippen molar-refractivity contribution in [1.82, 2.24) is 10.1 Å². The average Bonchev–Trinajstić information content (AvgIpc) is 3.16. The Morgan fingerprint density at radius 1 is 1.41 bits per heavy atom.